The van der Waals surface area contributed by atoms with Crippen LogP contribution in [-0.2, 0) is 6.42 Å². The first kappa shape index (κ1) is 12.8. The predicted molar refractivity (Wildman–Crippen MR) is 58.3 cm³/mol. The normalized spacial score (nSPS) is 11.5. The first-order valence-electron chi connectivity index (χ1n) is 4.02. The Hall–Kier alpha value is -0.230. The Morgan fingerprint density at radius 1 is 1.27 bits per heavy atom. The van der Waals surface area contributed by atoms with Crippen LogP contribution in [0, 0.1) is 0 Å². The molecule has 0 saturated heterocycles. The van der Waals surface area contributed by atoms with E-state index in [1.165, 1.54) is 12.1 Å². The summed E-state index contributed by atoms with van der Waals surface area (Å²) in [5, 5.41) is 0.581. The van der Waals surface area contributed by atoms with Gasteiger partial charge in [-0.3, -0.25) is 0 Å². The second kappa shape index (κ2) is 5.21. The molecule has 0 spiro atoms. The number of rotatable bonds is 3. The Balaban J connectivity index is 2.95. The van der Waals surface area contributed by atoms with Crippen LogP contribution in [0.25, 0.3) is 0 Å². The number of benzene rings is 1. The number of alkyl halides is 4. The number of hydrogen-bond acceptors (Lipinski definition) is 1. The summed E-state index contributed by atoms with van der Waals surface area (Å²) < 4.78 is 40.7. The van der Waals surface area contributed by atoms with Crippen molar-refractivity contribution in [3.8, 4) is 5.75 Å². The van der Waals surface area contributed by atoms with Crippen LogP contribution in [0.3, 0.4) is 0 Å². The lowest BCUT2D eigenvalue weighted by Crippen LogP contribution is -2.18. The minimum Gasteiger partial charge on any atom is -0.406 e. The van der Waals surface area contributed by atoms with Crippen LogP contribution in [0.2, 0.25) is 0 Å². The molecule has 1 aromatic rings. The maximum Gasteiger partial charge on any atom is 0.573 e. The molecule has 0 aliphatic rings. The highest BCUT2D eigenvalue weighted by molar-refractivity contribution is 9.10. The minimum absolute atomic E-state index is 0.148. The molecule has 15 heavy (non-hydrogen) atoms. The molecule has 0 unspecified atom stereocenters. The molecule has 0 N–H and O–H groups in total. The third-order valence-electron chi connectivity index (χ3n) is 1.61. The van der Waals surface area contributed by atoms with E-state index in [0.29, 0.717) is 17.3 Å². The first-order valence-corrected chi connectivity index (χ1v) is 5.94. The van der Waals surface area contributed by atoms with Gasteiger partial charge in [0.15, 0.2) is 0 Å². The fraction of sp³-hybridized carbons (Fsp3) is 0.333. The highest BCUT2D eigenvalue weighted by atomic mass is 79.9. The van der Waals surface area contributed by atoms with Crippen molar-refractivity contribution in [1.82, 2.24) is 0 Å². The largest absolute Gasteiger partial charge is 0.573 e. The van der Waals surface area contributed by atoms with Gasteiger partial charge in [0, 0.05) is 9.80 Å². The molecule has 0 saturated carbocycles. The molecule has 0 bridgehead atoms. The van der Waals surface area contributed by atoms with Crippen LogP contribution >= 0.6 is 31.9 Å². The highest BCUT2D eigenvalue weighted by Gasteiger charge is 2.31. The van der Waals surface area contributed by atoms with Crippen LogP contribution in [0.1, 0.15) is 5.56 Å². The highest BCUT2D eigenvalue weighted by Crippen LogP contribution is 2.29. The van der Waals surface area contributed by atoms with E-state index in [4.69, 9.17) is 0 Å². The molecule has 0 aromatic heterocycles. The third-order valence-corrected chi connectivity index (χ3v) is 2.50. The molecule has 0 aliphatic carbocycles. The topological polar surface area (TPSA) is 9.23 Å². The summed E-state index contributed by atoms with van der Waals surface area (Å²) in [6.45, 7) is 0. The van der Waals surface area contributed by atoms with E-state index >= 15 is 0 Å². The van der Waals surface area contributed by atoms with Crippen molar-refractivity contribution >= 4 is 31.9 Å². The van der Waals surface area contributed by atoms with E-state index in [1.54, 1.807) is 6.07 Å². The molecular formula is C9H7Br2F3O. The lowest BCUT2D eigenvalue weighted by atomic mass is 10.1. The molecule has 6 heteroatoms. The van der Waals surface area contributed by atoms with Crippen LogP contribution in [0.5, 0.6) is 5.75 Å². The number of ether oxygens (including phenoxy) is 1. The fourth-order valence-electron chi connectivity index (χ4n) is 1.07. The zero-order chi connectivity index (χ0) is 11.5. The van der Waals surface area contributed by atoms with Gasteiger partial charge in [0.05, 0.1) is 0 Å². The van der Waals surface area contributed by atoms with Gasteiger partial charge in [-0.1, -0.05) is 31.9 Å². The smallest absolute Gasteiger partial charge is 0.406 e. The number of halogens is 5. The lowest BCUT2D eigenvalue weighted by Gasteiger charge is -2.12. The van der Waals surface area contributed by atoms with Crippen molar-refractivity contribution in [2.24, 2.45) is 0 Å². The molecule has 0 aliphatic heterocycles. The van der Waals surface area contributed by atoms with Crippen molar-refractivity contribution < 1.29 is 17.9 Å². The average Bonchev–Trinajstić information content (AvgIpc) is 2.08. The quantitative estimate of drug-likeness (QED) is 0.741. The average molecular weight is 348 g/mol. The van der Waals surface area contributed by atoms with E-state index in [-0.39, 0.29) is 5.75 Å². The summed E-state index contributed by atoms with van der Waals surface area (Å²) in [5.74, 6) is -0.148. The number of hydrogen-bond donors (Lipinski definition) is 0. The molecule has 1 aromatic carbocycles. The number of aryl methyl sites for hydroxylation is 1. The van der Waals surface area contributed by atoms with E-state index < -0.39 is 6.36 Å². The van der Waals surface area contributed by atoms with Gasteiger partial charge in [-0.05, 0) is 30.2 Å². The predicted octanol–water partition coefficient (Wildman–Crippen LogP) is 4.29. The van der Waals surface area contributed by atoms with Gasteiger partial charge < -0.3 is 4.74 Å². The van der Waals surface area contributed by atoms with Crippen molar-refractivity contribution in [2.45, 2.75) is 12.8 Å². The summed E-state index contributed by atoms with van der Waals surface area (Å²) in [7, 11) is 0. The van der Waals surface area contributed by atoms with E-state index in [2.05, 4.69) is 36.6 Å². The zero-order valence-electron chi connectivity index (χ0n) is 7.44. The SMILES string of the molecule is FC(F)(F)Oc1ccc(Br)cc1CCBr. The van der Waals surface area contributed by atoms with Gasteiger partial charge in [-0.2, -0.15) is 0 Å². The Morgan fingerprint density at radius 3 is 2.47 bits per heavy atom. The third kappa shape index (κ3) is 4.42. The Labute approximate surface area is 102 Å². The standard InChI is InChI=1S/C9H7Br2F3O/c10-4-3-6-5-7(11)1-2-8(6)15-9(12,13)14/h1-2,5H,3-4H2. The molecule has 1 nitrogen and oxygen atoms in total. The minimum atomic E-state index is -4.64. The van der Waals surface area contributed by atoms with E-state index in [0.717, 1.165) is 4.47 Å². The molecule has 84 valence electrons. The molecule has 0 heterocycles. The van der Waals surface area contributed by atoms with Crippen LogP contribution in [-0.4, -0.2) is 11.7 Å². The molecular weight excluding hydrogens is 341 g/mol. The van der Waals surface area contributed by atoms with Crippen molar-refractivity contribution in [3.63, 3.8) is 0 Å². The lowest BCUT2D eigenvalue weighted by molar-refractivity contribution is -0.274. The van der Waals surface area contributed by atoms with Gasteiger partial charge in [0.1, 0.15) is 5.75 Å². The van der Waals surface area contributed by atoms with Crippen LogP contribution in [0.15, 0.2) is 22.7 Å². The first-order chi connectivity index (χ1) is 6.92. The molecule has 0 amide bonds. The van der Waals surface area contributed by atoms with Crippen molar-refractivity contribution in [1.29, 1.82) is 0 Å². The summed E-state index contributed by atoms with van der Waals surface area (Å²) in [6.07, 6.45) is -4.17. The second-order valence-corrected chi connectivity index (χ2v) is 4.45. The van der Waals surface area contributed by atoms with Gasteiger partial charge in [0.25, 0.3) is 0 Å². The molecule has 0 fully saturated rings. The second-order valence-electron chi connectivity index (χ2n) is 2.74. The molecule has 0 atom stereocenters. The molecule has 0 radical (unpaired) electrons. The van der Waals surface area contributed by atoms with Gasteiger partial charge >= 0.3 is 6.36 Å². The fourth-order valence-corrected chi connectivity index (χ4v) is 1.91. The monoisotopic (exact) mass is 346 g/mol. The van der Waals surface area contributed by atoms with E-state index in [9.17, 15) is 13.2 Å². The van der Waals surface area contributed by atoms with Crippen LogP contribution < -0.4 is 4.74 Å². The van der Waals surface area contributed by atoms with Crippen molar-refractivity contribution in [2.75, 3.05) is 5.33 Å². The van der Waals surface area contributed by atoms with Gasteiger partial charge in [-0.15, -0.1) is 13.2 Å². The maximum atomic E-state index is 12.0. The summed E-state index contributed by atoms with van der Waals surface area (Å²) in [4.78, 5) is 0. The van der Waals surface area contributed by atoms with E-state index in [1.807, 2.05) is 0 Å². The van der Waals surface area contributed by atoms with Crippen LogP contribution in [0.4, 0.5) is 13.2 Å². The Kier molecular flexibility index (Phi) is 4.45. The Bertz CT molecular complexity index is 339. The Morgan fingerprint density at radius 2 is 1.93 bits per heavy atom. The molecule has 1 rings (SSSR count). The summed E-state index contributed by atoms with van der Waals surface area (Å²) in [6, 6.07) is 4.43. The summed E-state index contributed by atoms with van der Waals surface area (Å²) >= 11 is 6.37. The maximum absolute atomic E-state index is 12.0. The van der Waals surface area contributed by atoms with Crippen molar-refractivity contribution in [3.05, 3.63) is 28.2 Å². The zero-order valence-corrected chi connectivity index (χ0v) is 10.6. The van der Waals surface area contributed by atoms with Gasteiger partial charge in [0.2, 0.25) is 0 Å². The van der Waals surface area contributed by atoms with Gasteiger partial charge in [-0.25, -0.2) is 0 Å². The summed E-state index contributed by atoms with van der Waals surface area (Å²) in [5.41, 5.74) is 0.513.